The molecular formula is C39H36Cl2N8O3. The Morgan fingerprint density at radius 2 is 1.17 bits per heavy atom. The average molecular weight is 736 g/mol. The molecule has 2 aromatic carbocycles. The molecule has 8 aromatic rings. The Balaban J connectivity index is 0.000000162. The molecule has 52 heavy (non-hydrogen) atoms. The number of pyridine rings is 2. The van der Waals surface area contributed by atoms with Crippen molar-refractivity contribution in [2.45, 2.75) is 54.6 Å². The molecule has 13 heteroatoms. The highest BCUT2D eigenvalue weighted by molar-refractivity contribution is 6.35. The van der Waals surface area contributed by atoms with E-state index in [2.05, 4.69) is 63.6 Å². The molecule has 0 spiro atoms. The van der Waals surface area contributed by atoms with Crippen molar-refractivity contribution in [2.24, 2.45) is 0 Å². The molecule has 0 aliphatic carbocycles. The minimum absolute atomic E-state index is 0.588. The van der Waals surface area contributed by atoms with Gasteiger partial charge in [-0.1, -0.05) is 51.7 Å². The van der Waals surface area contributed by atoms with Crippen molar-refractivity contribution in [3.05, 3.63) is 123 Å². The summed E-state index contributed by atoms with van der Waals surface area (Å²) in [6, 6.07) is 17.8. The maximum absolute atomic E-state index is 6.35. The monoisotopic (exact) mass is 734 g/mol. The molecule has 0 fully saturated rings. The second-order valence-electron chi connectivity index (χ2n) is 12.6. The van der Waals surface area contributed by atoms with Gasteiger partial charge in [-0.2, -0.15) is 0 Å². The summed E-state index contributed by atoms with van der Waals surface area (Å²) in [6.45, 7) is 12.9. The van der Waals surface area contributed by atoms with Gasteiger partial charge >= 0.3 is 0 Å². The number of methoxy groups -OCH3 is 1. The van der Waals surface area contributed by atoms with Crippen molar-refractivity contribution >= 4 is 45.5 Å². The van der Waals surface area contributed by atoms with Gasteiger partial charge in [-0.05, 0) is 89.1 Å². The Morgan fingerprint density at radius 1 is 0.654 bits per heavy atom. The van der Waals surface area contributed by atoms with Crippen LogP contribution in [-0.2, 0) is 13.1 Å². The highest BCUT2D eigenvalue weighted by Gasteiger charge is 2.18. The van der Waals surface area contributed by atoms with Gasteiger partial charge in [0.1, 0.15) is 28.9 Å². The summed E-state index contributed by atoms with van der Waals surface area (Å²) in [5, 5.41) is 9.33. The largest absolute Gasteiger partial charge is 0.497 e. The lowest BCUT2D eigenvalue weighted by Gasteiger charge is -2.10. The van der Waals surface area contributed by atoms with E-state index in [1.807, 2.05) is 72.0 Å². The normalized spacial score (nSPS) is 11.3. The smallest absolute Gasteiger partial charge is 0.177 e. The Hall–Kier alpha value is -5.52. The molecule has 0 aliphatic rings. The van der Waals surface area contributed by atoms with Gasteiger partial charge in [0.2, 0.25) is 0 Å². The summed E-state index contributed by atoms with van der Waals surface area (Å²) < 4.78 is 20.1. The van der Waals surface area contributed by atoms with Crippen LogP contribution in [0, 0.1) is 41.5 Å². The number of aryl methyl sites for hydroxylation is 6. The average Bonchev–Trinajstić information content (AvgIpc) is 3.84. The number of halogens is 2. The Morgan fingerprint density at radius 3 is 1.63 bits per heavy atom. The molecule has 0 aliphatic heterocycles. The van der Waals surface area contributed by atoms with Crippen LogP contribution in [-0.4, -0.2) is 46.5 Å². The SMILES string of the molecule is COc1ccc(Cn2c(C)nc3ncc(-c4c(C)noc4C)cc32)cc1.Cc1noc(C)c1-c1cnc2nc(C)n(Cc3ccc(Cl)cc3Cl)c2c1. The van der Waals surface area contributed by atoms with Crippen LogP contribution in [0.2, 0.25) is 10.0 Å². The first-order valence-corrected chi connectivity index (χ1v) is 17.4. The molecule has 0 saturated heterocycles. The van der Waals surface area contributed by atoms with Gasteiger partial charge in [0.15, 0.2) is 11.3 Å². The minimum Gasteiger partial charge on any atom is -0.497 e. The summed E-state index contributed by atoms with van der Waals surface area (Å²) in [5.41, 5.74) is 11.1. The first-order chi connectivity index (χ1) is 25.0. The molecule has 0 atom stereocenters. The molecular weight excluding hydrogens is 699 g/mol. The van der Waals surface area contributed by atoms with Gasteiger partial charge in [0.05, 0.1) is 36.1 Å². The van der Waals surface area contributed by atoms with Crippen molar-refractivity contribution in [3.8, 4) is 28.0 Å². The van der Waals surface area contributed by atoms with E-state index in [0.717, 1.165) is 91.3 Å². The van der Waals surface area contributed by atoms with Crippen LogP contribution < -0.4 is 4.74 Å². The minimum atomic E-state index is 0.588. The van der Waals surface area contributed by atoms with E-state index >= 15 is 0 Å². The maximum atomic E-state index is 6.35. The van der Waals surface area contributed by atoms with Crippen LogP contribution >= 0.6 is 23.2 Å². The predicted octanol–water partition coefficient (Wildman–Crippen LogP) is 9.44. The second-order valence-corrected chi connectivity index (χ2v) is 13.4. The quantitative estimate of drug-likeness (QED) is 0.158. The van der Waals surface area contributed by atoms with Crippen LogP contribution in [0.25, 0.3) is 44.6 Å². The van der Waals surface area contributed by atoms with Gasteiger partial charge < -0.3 is 22.9 Å². The Bertz CT molecular complexity index is 2530. The lowest BCUT2D eigenvalue weighted by molar-refractivity contribution is 0.393. The maximum Gasteiger partial charge on any atom is 0.177 e. The summed E-state index contributed by atoms with van der Waals surface area (Å²) in [4.78, 5) is 18.2. The standard InChI is InChI=1S/C20H20N4O2.C19H16Cl2N4O/c1-12-19(13(2)26-23-12)16-9-18-20(21-10-16)22-14(3)24(18)11-15-5-7-17(25-4)8-6-15;1-10-18(11(2)26-24-10)14-6-17-19(22-8-14)23-12(3)25(17)9-13-4-5-15(20)7-16(13)21/h5-10H,11H2,1-4H3;4-8H,9H2,1-3H3. The molecule has 0 unspecified atom stereocenters. The molecule has 0 saturated carbocycles. The zero-order chi connectivity index (χ0) is 36.7. The number of aromatic nitrogens is 8. The fourth-order valence-electron chi connectivity index (χ4n) is 6.43. The zero-order valence-corrected chi connectivity index (χ0v) is 31.3. The summed E-state index contributed by atoms with van der Waals surface area (Å²) >= 11 is 12.4. The third kappa shape index (κ3) is 6.77. The van der Waals surface area contributed by atoms with Crippen LogP contribution in [0.1, 0.15) is 45.7 Å². The van der Waals surface area contributed by atoms with Crippen LogP contribution in [0.5, 0.6) is 5.75 Å². The predicted molar refractivity (Wildman–Crippen MR) is 202 cm³/mol. The van der Waals surface area contributed by atoms with Gasteiger partial charge in [-0.25, -0.2) is 19.9 Å². The van der Waals surface area contributed by atoms with Gasteiger partial charge in [0, 0.05) is 51.2 Å². The number of fused-ring (bicyclic) bond motifs is 2. The second kappa shape index (κ2) is 14.2. The number of hydrogen-bond donors (Lipinski definition) is 0. The van der Waals surface area contributed by atoms with Crippen molar-refractivity contribution < 1.29 is 13.8 Å². The zero-order valence-electron chi connectivity index (χ0n) is 29.8. The Labute approximate surface area is 310 Å². The van der Waals surface area contributed by atoms with E-state index in [-0.39, 0.29) is 0 Å². The molecule has 8 rings (SSSR count). The highest BCUT2D eigenvalue weighted by atomic mass is 35.5. The lowest BCUT2D eigenvalue weighted by atomic mass is 10.1. The third-order valence-corrected chi connectivity index (χ3v) is 9.67. The summed E-state index contributed by atoms with van der Waals surface area (Å²) in [6.07, 6.45) is 3.64. The topological polar surface area (TPSA) is 123 Å². The fraction of sp³-hybridized carbons (Fsp3) is 0.231. The van der Waals surface area contributed by atoms with Crippen molar-refractivity contribution in [1.82, 2.24) is 39.4 Å². The van der Waals surface area contributed by atoms with E-state index in [1.54, 1.807) is 19.4 Å². The van der Waals surface area contributed by atoms with Crippen molar-refractivity contribution in [3.63, 3.8) is 0 Å². The first kappa shape index (κ1) is 34.9. The van der Waals surface area contributed by atoms with E-state index in [9.17, 15) is 0 Å². The van der Waals surface area contributed by atoms with E-state index < -0.39 is 0 Å². The number of hydrogen-bond acceptors (Lipinski definition) is 9. The molecule has 0 N–H and O–H groups in total. The van der Waals surface area contributed by atoms with Gasteiger partial charge in [0.25, 0.3) is 0 Å². The molecule has 0 radical (unpaired) electrons. The first-order valence-electron chi connectivity index (χ1n) is 16.6. The van der Waals surface area contributed by atoms with Crippen molar-refractivity contribution in [1.29, 1.82) is 0 Å². The molecule has 6 heterocycles. The summed E-state index contributed by atoms with van der Waals surface area (Å²) in [5.74, 6) is 4.21. The van der Waals surface area contributed by atoms with Crippen LogP contribution in [0.3, 0.4) is 0 Å². The van der Waals surface area contributed by atoms with Gasteiger partial charge in [-0.3, -0.25) is 0 Å². The molecule has 264 valence electrons. The van der Waals surface area contributed by atoms with E-state index in [1.165, 1.54) is 5.56 Å². The Kier molecular flexibility index (Phi) is 9.56. The highest BCUT2D eigenvalue weighted by Crippen LogP contribution is 2.31. The number of benzene rings is 2. The number of imidazole rings is 2. The number of nitrogens with zero attached hydrogens (tertiary/aromatic N) is 8. The van der Waals surface area contributed by atoms with E-state index in [4.69, 9.17) is 37.0 Å². The number of ether oxygens (including phenoxy) is 1. The van der Waals surface area contributed by atoms with Crippen LogP contribution in [0.15, 0.2) is 76.0 Å². The number of rotatable bonds is 7. The summed E-state index contributed by atoms with van der Waals surface area (Å²) in [7, 11) is 1.67. The molecule has 6 aromatic heterocycles. The molecule has 0 bridgehead atoms. The lowest BCUT2D eigenvalue weighted by Crippen LogP contribution is -2.03. The third-order valence-electron chi connectivity index (χ3n) is 9.08. The van der Waals surface area contributed by atoms with E-state index in [0.29, 0.717) is 22.2 Å². The molecule has 11 nitrogen and oxygen atoms in total. The fourth-order valence-corrected chi connectivity index (χ4v) is 6.90. The van der Waals surface area contributed by atoms with Crippen molar-refractivity contribution in [2.75, 3.05) is 7.11 Å². The van der Waals surface area contributed by atoms with Crippen LogP contribution in [0.4, 0.5) is 0 Å². The molecule has 0 amide bonds. The van der Waals surface area contributed by atoms with Gasteiger partial charge in [-0.15, -0.1) is 0 Å².